The van der Waals surface area contributed by atoms with Gasteiger partial charge in [0, 0.05) is 63.1 Å². The molecule has 3 aromatic rings. The molecule has 2 aliphatic heterocycles. The van der Waals surface area contributed by atoms with Crippen molar-refractivity contribution >= 4 is 52.5 Å². The lowest BCUT2D eigenvalue weighted by Gasteiger charge is -2.23. The number of guanidine groups is 1. The predicted octanol–water partition coefficient (Wildman–Crippen LogP) is 4.79. The molecular formula is C26H31IN4O2. The second-order valence-corrected chi connectivity index (χ2v) is 8.61. The van der Waals surface area contributed by atoms with Crippen molar-refractivity contribution in [1.82, 2.24) is 10.2 Å². The largest absolute Gasteiger partial charge is 0.461 e. The number of nitrogens with zero attached hydrogens (tertiary/aromatic N) is 3. The molecule has 1 amide bonds. The van der Waals surface area contributed by atoms with Crippen LogP contribution in [0.2, 0.25) is 0 Å². The zero-order chi connectivity index (χ0) is 21.9. The van der Waals surface area contributed by atoms with E-state index in [1.54, 1.807) is 0 Å². The Bertz CT molecular complexity index is 1110. The van der Waals surface area contributed by atoms with Gasteiger partial charge in [0.05, 0.1) is 0 Å². The third-order valence-electron chi connectivity index (χ3n) is 6.59. The Hall–Kier alpha value is -2.55. The Labute approximate surface area is 212 Å². The zero-order valence-corrected chi connectivity index (χ0v) is 21.3. The number of aliphatic imine (C=N–C) groups is 1. The van der Waals surface area contributed by atoms with Crippen LogP contribution in [0.4, 0.5) is 5.69 Å². The maximum Gasteiger partial charge on any atom is 0.222 e. The summed E-state index contributed by atoms with van der Waals surface area (Å²) in [7, 11) is 1.84. The average Bonchev–Trinajstić information content (AvgIpc) is 3.52. The Morgan fingerprint density at radius 1 is 1.18 bits per heavy atom. The van der Waals surface area contributed by atoms with Crippen LogP contribution in [0.3, 0.4) is 0 Å². The molecule has 174 valence electrons. The van der Waals surface area contributed by atoms with Gasteiger partial charge in [-0.05, 0) is 36.6 Å². The van der Waals surface area contributed by atoms with Gasteiger partial charge in [-0.2, -0.15) is 0 Å². The summed E-state index contributed by atoms with van der Waals surface area (Å²) in [6.07, 6.45) is 3.47. The Kier molecular flexibility index (Phi) is 7.57. The van der Waals surface area contributed by atoms with E-state index in [1.165, 1.54) is 11.3 Å². The van der Waals surface area contributed by atoms with Crippen LogP contribution >= 0.6 is 24.0 Å². The number of carbonyl (C=O) groups is 1. The van der Waals surface area contributed by atoms with Gasteiger partial charge in [0.15, 0.2) is 5.96 Å². The van der Waals surface area contributed by atoms with E-state index in [-0.39, 0.29) is 24.0 Å². The number of nitrogens with one attached hydrogen (secondary N) is 1. The molecule has 1 N–H and O–H groups in total. The fourth-order valence-electron chi connectivity index (χ4n) is 4.95. The van der Waals surface area contributed by atoms with Gasteiger partial charge in [0.2, 0.25) is 5.91 Å². The average molecular weight is 558 g/mol. The number of amides is 1. The van der Waals surface area contributed by atoms with Crippen molar-refractivity contribution in [3.63, 3.8) is 0 Å². The monoisotopic (exact) mass is 558 g/mol. The number of rotatable bonds is 6. The van der Waals surface area contributed by atoms with Crippen molar-refractivity contribution in [2.45, 2.75) is 31.6 Å². The summed E-state index contributed by atoms with van der Waals surface area (Å²) in [5, 5.41) is 4.66. The topological polar surface area (TPSA) is 61.1 Å². The van der Waals surface area contributed by atoms with Crippen molar-refractivity contribution < 1.29 is 9.21 Å². The maximum atomic E-state index is 12.0. The van der Waals surface area contributed by atoms with Gasteiger partial charge in [0.25, 0.3) is 0 Å². The van der Waals surface area contributed by atoms with E-state index in [0.29, 0.717) is 18.2 Å². The number of hydrogen-bond donors (Lipinski definition) is 1. The number of halogens is 1. The quantitative estimate of drug-likeness (QED) is 0.269. The van der Waals surface area contributed by atoms with Crippen molar-refractivity contribution in [1.29, 1.82) is 0 Å². The normalized spacial score (nSPS) is 18.0. The first-order chi connectivity index (χ1) is 15.7. The lowest BCUT2D eigenvalue weighted by Crippen LogP contribution is -2.42. The summed E-state index contributed by atoms with van der Waals surface area (Å²) in [6, 6.07) is 18.8. The molecule has 1 fully saturated rings. The van der Waals surface area contributed by atoms with Crippen LogP contribution in [0.15, 0.2) is 64.0 Å². The van der Waals surface area contributed by atoms with Crippen molar-refractivity contribution in [3.05, 3.63) is 65.9 Å². The number of benzene rings is 2. The summed E-state index contributed by atoms with van der Waals surface area (Å²) in [4.78, 5) is 20.9. The summed E-state index contributed by atoms with van der Waals surface area (Å²) in [5.41, 5.74) is 3.49. The fourth-order valence-corrected chi connectivity index (χ4v) is 4.95. The first-order valence-electron chi connectivity index (χ1n) is 11.6. The van der Waals surface area contributed by atoms with E-state index >= 15 is 0 Å². The fraction of sp³-hybridized carbons (Fsp3) is 0.385. The van der Waals surface area contributed by atoms with Gasteiger partial charge >= 0.3 is 0 Å². The van der Waals surface area contributed by atoms with Crippen LogP contribution in [0.5, 0.6) is 0 Å². The first kappa shape index (κ1) is 23.6. The van der Waals surface area contributed by atoms with Crippen molar-refractivity contribution in [2.75, 3.05) is 38.1 Å². The minimum atomic E-state index is 0. The van der Waals surface area contributed by atoms with Crippen LogP contribution in [0.1, 0.15) is 36.5 Å². The Morgan fingerprint density at radius 2 is 2.00 bits per heavy atom. The summed E-state index contributed by atoms with van der Waals surface area (Å²) >= 11 is 0. The highest BCUT2D eigenvalue weighted by atomic mass is 127. The second kappa shape index (κ2) is 10.6. The zero-order valence-electron chi connectivity index (χ0n) is 19.0. The number of fused-ring (bicyclic) bond motifs is 2. The lowest BCUT2D eigenvalue weighted by atomic mass is 9.98. The Balaban J connectivity index is 0.00000259. The molecule has 0 spiro atoms. The van der Waals surface area contributed by atoms with E-state index in [4.69, 9.17) is 4.42 Å². The van der Waals surface area contributed by atoms with Crippen LogP contribution in [0, 0.1) is 0 Å². The van der Waals surface area contributed by atoms with E-state index < -0.39 is 0 Å². The third kappa shape index (κ3) is 5.03. The van der Waals surface area contributed by atoms with Gasteiger partial charge in [-0.1, -0.05) is 36.4 Å². The van der Waals surface area contributed by atoms with E-state index in [0.717, 1.165) is 68.1 Å². The highest BCUT2D eigenvalue weighted by molar-refractivity contribution is 14.0. The van der Waals surface area contributed by atoms with Crippen LogP contribution in [0.25, 0.3) is 11.0 Å². The van der Waals surface area contributed by atoms with E-state index in [1.807, 2.05) is 30.1 Å². The van der Waals surface area contributed by atoms with Crippen LogP contribution in [-0.2, 0) is 11.2 Å². The smallest absolute Gasteiger partial charge is 0.222 e. The summed E-state index contributed by atoms with van der Waals surface area (Å²) < 4.78 is 5.95. The SMILES string of the molecule is CN=C(NCCc1cc2ccccc2o1)N1CC(CCN2CCCC2=O)c2ccccc21.I. The molecule has 0 saturated carbocycles. The number of anilines is 1. The molecule has 1 saturated heterocycles. The molecule has 0 aliphatic carbocycles. The predicted molar refractivity (Wildman–Crippen MR) is 144 cm³/mol. The molecule has 2 aliphatic rings. The maximum absolute atomic E-state index is 12.0. The molecule has 7 heteroatoms. The molecule has 3 heterocycles. The van der Waals surface area contributed by atoms with Crippen LogP contribution in [-0.4, -0.2) is 50.0 Å². The second-order valence-electron chi connectivity index (χ2n) is 8.61. The number of furan rings is 1. The van der Waals surface area contributed by atoms with Crippen molar-refractivity contribution in [2.24, 2.45) is 4.99 Å². The minimum absolute atomic E-state index is 0. The number of hydrogen-bond acceptors (Lipinski definition) is 3. The summed E-state index contributed by atoms with van der Waals surface area (Å²) in [5.74, 6) is 2.56. The van der Waals surface area contributed by atoms with Gasteiger partial charge in [-0.15, -0.1) is 24.0 Å². The van der Waals surface area contributed by atoms with E-state index in [2.05, 4.69) is 51.6 Å². The minimum Gasteiger partial charge on any atom is -0.461 e. The molecule has 0 radical (unpaired) electrons. The van der Waals surface area contributed by atoms with Gasteiger partial charge in [-0.3, -0.25) is 9.79 Å². The third-order valence-corrected chi connectivity index (χ3v) is 6.59. The number of carbonyl (C=O) groups excluding carboxylic acids is 1. The summed E-state index contributed by atoms with van der Waals surface area (Å²) in [6.45, 7) is 3.37. The molecule has 1 unspecified atom stereocenters. The highest BCUT2D eigenvalue weighted by Gasteiger charge is 2.32. The standard InChI is InChI=1S/C26H30N4O2.HI/c1-27-26(28-14-12-21-17-19-7-2-5-10-24(19)32-21)30-18-20(22-8-3-4-9-23(22)30)13-16-29-15-6-11-25(29)31;/h2-5,7-10,17,20H,6,11-16,18H2,1H3,(H,27,28);1H. The Morgan fingerprint density at radius 3 is 2.79 bits per heavy atom. The van der Waals surface area contributed by atoms with Gasteiger partial charge in [0.1, 0.15) is 11.3 Å². The van der Waals surface area contributed by atoms with Crippen LogP contribution < -0.4 is 10.2 Å². The highest BCUT2D eigenvalue weighted by Crippen LogP contribution is 2.38. The lowest BCUT2D eigenvalue weighted by molar-refractivity contribution is -0.127. The molecule has 33 heavy (non-hydrogen) atoms. The molecule has 1 aromatic heterocycles. The number of para-hydroxylation sites is 2. The molecule has 0 bridgehead atoms. The molecule has 6 nitrogen and oxygen atoms in total. The molecule has 5 rings (SSSR count). The first-order valence-corrected chi connectivity index (χ1v) is 11.6. The van der Waals surface area contributed by atoms with Gasteiger partial charge < -0.3 is 19.5 Å². The van der Waals surface area contributed by atoms with E-state index in [9.17, 15) is 4.79 Å². The molecular weight excluding hydrogens is 527 g/mol. The van der Waals surface area contributed by atoms with Crippen molar-refractivity contribution in [3.8, 4) is 0 Å². The number of likely N-dealkylation sites (tertiary alicyclic amines) is 1. The molecule has 2 aromatic carbocycles. The van der Waals surface area contributed by atoms with Gasteiger partial charge in [-0.25, -0.2) is 0 Å². The molecule has 1 atom stereocenters.